The lowest BCUT2D eigenvalue weighted by Crippen LogP contribution is -2.34. The molecule has 0 atom stereocenters. The Bertz CT molecular complexity index is 753. The average Bonchev–Trinajstić information content (AvgIpc) is 3.06. The van der Waals surface area contributed by atoms with Crippen LogP contribution >= 0.6 is 11.8 Å². The summed E-state index contributed by atoms with van der Waals surface area (Å²) in [5.41, 5.74) is 1.40. The molecule has 0 aliphatic carbocycles. The van der Waals surface area contributed by atoms with Gasteiger partial charge in [-0.1, -0.05) is 20.8 Å². The van der Waals surface area contributed by atoms with E-state index in [1.54, 1.807) is 11.8 Å². The molecule has 1 aliphatic heterocycles. The molecule has 2 heterocycles. The van der Waals surface area contributed by atoms with Gasteiger partial charge in [-0.15, -0.1) is 22.0 Å². The molecule has 1 saturated heterocycles. The van der Waals surface area contributed by atoms with Crippen molar-refractivity contribution in [2.45, 2.75) is 43.3 Å². The number of nitrogens with zero attached hydrogens (tertiary/aromatic N) is 4. The summed E-state index contributed by atoms with van der Waals surface area (Å²) >= 11 is 1.76. The Hall–Kier alpha value is -1.73. The van der Waals surface area contributed by atoms with Crippen LogP contribution in [0.15, 0.2) is 23.1 Å². The molecule has 134 valence electrons. The number of carbonyl (C=O) groups is 1. The van der Waals surface area contributed by atoms with Gasteiger partial charge < -0.3 is 10.2 Å². The number of carbonyl (C=O) groups excluding carboxylic acids is 1. The van der Waals surface area contributed by atoms with Crippen molar-refractivity contribution in [1.29, 1.82) is 0 Å². The van der Waals surface area contributed by atoms with E-state index in [1.165, 1.54) is 12.8 Å². The zero-order chi connectivity index (χ0) is 17.9. The number of benzene rings is 1. The van der Waals surface area contributed by atoms with Crippen molar-refractivity contribution in [3.8, 4) is 0 Å². The van der Waals surface area contributed by atoms with Gasteiger partial charge in [-0.25, -0.2) is 4.98 Å². The fourth-order valence-electron chi connectivity index (χ4n) is 2.84. The maximum absolute atomic E-state index is 12.3. The number of thioether (sulfide) groups is 1. The monoisotopic (exact) mass is 359 g/mol. The maximum atomic E-state index is 12.3. The molecule has 2 aromatic rings. The van der Waals surface area contributed by atoms with Crippen molar-refractivity contribution < 1.29 is 4.79 Å². The third-order valence-electron chi connectivity index (χ3n) is 3.97. The van der Waals surface area contributed by atoms with Gasteiger partial charge in [-0.3, -0.25) is 4.79 Å². The highest BCUT2D eigenvalue weighted by atomic mass is 32.2. The van der Waals surface area contributed by atoms with Crippen LogP contribution in [0.5, 0.6) is 0 Å². The SMILES string of the molecule is CC(C)(C)Sc1ccc2nnc(C(=O)NCCN3CCCC3)nc2c1. The molecule has 1 N–H and O–H groups in total. The molecule has 3 rings (SSSR count). The van der Waals surface area contributed by atoms with Crippen LogP contribution in [-0.4, -0.2) is 56.9 Å². The molecule has 0 bridgehead atoms. The Kier molecular flexibility index (Phi) is 5.54. The molecule has 1 aromatic heterocycles. The van der Waals surface area contributed by atoms with Gasteiger partial charge in [-0.2, -0.15) is 0 Å². The third kappa shape index (κ3) is 5.12. The van der Waals surface area contributed by atoms with Crippen molar-refractivity contribution in [3.63, 3.8) is 0 Å². The number of aromatic nitrogens is 3. The second-order valence-corrected chi connectivity index (χ2v) is 9.21. The van der Waals surface area contributed by atoms with E-state index in [0.29, 0.717) is 17.6 Å². The average molecular weight is 359 g/mol. The highest BCUT2D eigenvalue weighted by Gasteiger charge is 2.15. The first-order chi connectivity index (χ1) is 11.9. The van der Waals surface area contributed by atoms with Gasteiger partial charge in [0, 0.05) is 22.7 Å². The topological polar surface area (TPSA) is 71.0 Å². The standard InChI is InChI=1S/C18H25N5OS/c1-18(2,3)25-13-6-7-14-15(12-13)20-16(22-21-14)17(24)19-8-11-23-9-4-5-10-23/h6-7,12H,4-5,8-11H2,1-3H3,(H,19,24). The molecule has 0 spiro atoms. The number of likely N-dealkylation sites (tertiary alicyclic amines) is 1. The Balaban J connectivity index is 1.67. The van der Waals surface area contributed by atoms with Crippen molar-refractivity contribution in [3.05, 3.63) is 24.0 Å². The van der Waals surface area contributed by atoms with Crippen LogP contribution in [-0.2, 0) is 0 Å². The van der Waals surface area contributed by atoms with Gasteiger partial charge in [-0.05, 0) is 44.1 Å². The van der Waals surface area contributed by atoms with E-state index in [9.17, 15) is 4.79 Å². The molecule has 0 unspecified atom stereocenters. The number of hydrogen-bond acceptors (Lipinski definition) is 6. The van der Waals surface area contributed by atoms with Crippen molar-refractivity contribution in [2.75, 3.05) is 26.2 Å². The lowest BCUT2D eigenvalue weighted by atomic mass is 10.3. The molecule has 7 heteroatoms. The van der Waals surface area contributed by atoms with Crippen LogP contribution in [0.2, 0.25) is 0 Å². The first-order valence-electron chi connectivity index (χ1n) is 8.75. The van der Waals surface area contributed by atoms with E-state index in [4.69, 9.17) is 0 Å². The molecular weight excluding hydrogens is 334 g/mol. The molecule has 0 radical (unpaired) electrons. The van der Waals surface area contributed by atoms with Crippen LogP contribution in [0.3, 0.4) is 0 Å². The largest absolute Gasteiger partial charge is 0.348 e. The molecular formula is C18H25N5OS. The van der Waals surface area contributed by atoms with Crippen LogP contribution in [0.4, 0.5) is 0 Å². The summed E-state index contributed by atoms with van der Waals surface area (Å²) in [7, 11) is 0. The highest BCUT2D eigenvalue weighted by Crippen LogP contribution is 2.32. The second kappa shape index (κ2) is 7.66. The normalized spacial score (nSPS) is 15.6. The third-order valence-corrected chi connectivity index (χ3v) is 5.07. The fourth-order valence-corrected chi connectivity index (χ4v) is 3.85. The van der Waals surface area contributed by atoms with Crippen molar-refractivity contribution in [1.82, 2.24) is 25.4 Å². The van der Waals surface area contributed by atoms with E-state index < -0.39 is 0 Å². The highest BCUT2D eigenvalue weighted by molar-refractivity contribution is 8.00. The summed E-state index contributed by atoms with van der Waals surface area (Å²) in [5, 5.41) is 11.0. The molecule has 1 aliphatic rings. The smallest absolute Gasteiger partial charge is 0.291 e. The first kappa shape index (κ1) is 18.1. The van der Waals surface area contributed by atoms with Gasteiger partial charge in [0.25, 0.3) is 5.91 Å². The van der Waals surface area contributed by atoms with E-state index in [2.05, 4.69) is 46.2 Å². The second-order valence-electron chi connectivity index (χ2n) is 7.31. The lowest BCUT2D eigenvalue weighted by molar-refractivity contribution is 0.0938. The Morgan fingerprint density at radius 2 is 1.96 bits per heavy atom. The summed E-state index contributed by atoms with van der Waals surface area (Å²) in [6.07, 6.45) is 2.50. The predicted molar refractivity (Wildman–Crippen MR) is 101 cm³/mol. The van der Waals surface area contributed by atoms with E-state index >= 15 is 0 Å². The van der Waals surface area contributed by atoms with Crippen molar-refractivity contribution in [2.24, 2.45) is 0 Å². The Morgan fingerprint density at radius 3 is 2.68 bits per heavy atom. The molecule has 1 fully saturated rings. The van der Waals surface area contributed by atoms with Gasteiger partial charge in [0.1, 0.15) is 5.52 Å². The van der Waals surface area contributed by atoms with Gasteiger partial charge in [0.15, 0.2) is 0 Å². The predicted octanol–water partition coefficient (Wildman–Crippen LogP) is 2.74. The summed E-state index contributed by atoms with van der Waals surface area (Å²) in [6.45, 7) is 10.2. The molecule has 1 amide bonds. The van der Waals surface area contributed by atoms with Gasteiger partial charge in [0.05, 0.1) is 5.52 Å². The van der Waals surface area contributed by atoms with Crippen LogP contribution < -0.4 is 5.32 Å². The summed E-state index contributed by atoms with van der Waals surface area (Å²) in [6, 6.07) is 5.89. The van der Waals surface area contributed by atoms with E-state index in [0.717, 1.165) is 24.5 Å². The number of nitrogens with one attached hydrogen (secondary N) is 1. The Morgan fingerprint density at radius 1 is 1.20 bits per heavy atom. The zero-order valence-corrected chi connectivity index (χ0v) is 15.9. The fraction of sp³-hybridized carbons (Fsp3) is 0.556. The van der Waals surface area contributed by atoms with E-state index in [-0.39, 0.29) is 16.5 Å². The number of fused-ring (bicyclic) bond motifs is 1. The molecule has 1 aromatic carbocycles. The number of amides is 1. The molecule has 6 nitrogen and oxygen atoms in total. The van der Waals surface area contributed by atoms with E-state index in [1.807, 2.05) is 18.2 Å². The molecule has 0 saturated carbocycles. The minimum absolute atomic E-state index is 0.115. The first-order valence-corrected chi connectivity index (χ1v) is 9.56. The van der Waals surface area contributed by atoms with Crippen LogP contribution in [0.1, 0.15) is 44.2 Å². The summed E-state index contributed by atoms with van der Waals surface area (Å²) < 4.78 is 0.115. The summed E-state index contributed by atoms with van der Waals surface area (Å²) in [5.74, 6) is -0.130. The Labute approximate surface area is 152 Å². The van der Waals surface area contributed by atoms with Crippen LogP contribution in [0, 0.1) is 0 Å². The zero-order valence-electron chi connectivity index (χ0n) is 15.1. The molecule has 25 heavy (non-hydrogen) atoms. The quantitative estimate of drug-likeness (QED) is 0.828. The van der Waals surface area contributed by atoms with Crippen molar-refractivity contribution >= 4 is 28.7 Å². The maximum Gasteiger partial charge on any atom is 0.291 e. The lowest BCUT2D eigenvalue weighted by Gasteiger charge is -2.17. The van der Waals surface area contributed by atoms with Gasteiger partial charge >= 0.3 is 0 Å². The van der Waals surface area contributed by atoms with Gasteiger partial charge in [0.2, 0.25) is 5.82 Å². The van der Waals surface area contributed by atoms with Crippen LogP contribution in [0.25, 0.3) is 11.0 Å². The number of hydrogen-bond donors (Lipinski definition) is 1. The minimum Gasteiger partial charge on any atom is -0.348 e. The number of rotatable bonds is 5. The summed E-state index contributed by atoms with van der Waals surface area (Å²) in [4.78, 5) is 20.1. The minimum atomic E-state index is -0.262.